The van der Waals surface area contributed by atoms with E-state index in [1.165, 1.54) is 6.92 Å². The Hall–Kier alpha value is -0.930. The van der Waals surface area contributed by atoms with Gasteiger partial charge in [-0.05, 0) is 57.3 Å². The molecule has 4 unspecified atom stereocenters. The van der Waals surface area contributed by atoms with Crippen LogP contribution in [0.3, 0.4) is 0 Å². The number of fused-ring (bicyclic) bond motifs is 1. The Morgan fingerprint density at radius 3 is 2.07 bits per heavy atom. The van der Waals surface area contributed by atoms with Gasteiger partial charge in [0, 0.05) is 5.92 Å². The molecule has 0 bridgehead atoms. The zero-order chi connectivity index (χ0) is 20.6. The molecule has 2 aliphatic carbocycles. The summed E-state index contributed by atoms with van der Waals surface area (Å²) in [5.41, 5.74) is 0. The van der Waals surface area contributed by atoms with Gasteiger partial charge in [-0.3, -0.25) is 4.79 Å². The lowest BCUT2D eigenvalue weighted by Gasteiger charge is -2.42. The molecule has 158 valence electrons. The Bertz CT molecular complexity index is 537. The second kappa shape index (κ2) is 7.83. The second-order valence-electron chi connectivity index (χ2n) is 7.59. The quantitative estimate of drug-likeness (QED) is 0.529. The Balaban J connectivity index is 1.93. The van der Waals surface area contributed by atoms with Crippen LogP contribution in [0.1, 0.15) is 45.4 Å². The van der Waals surface area contributed by atoms with Crippen molar-refractivity contribution in [3.63, 3.8) is 0 Å². The fourth-order valence-corrected chi connectivity index (χ4v) is 4.06. The van der Waals surface area contributed by atoms with Gasteiger partial charge >= 0.3 is 24.2 Å². The van der Waals surface area contributed by atoms with Crippen molar-refractivity contribution in [1.29, 1.82) is 0 Å². The Morgan fingerprint density at radius 1 is 0.963 bits per heavy atom. The lowest BCUT2D eigenvalue weighted by Crippen LogP contribution is -2.59. The van der Waals surface area contributed by atoms with Gasteiger partial charge < -0.3 is 4.74 Å². The highest BCUT2D eigenvalue weighted by Gasteiger charge is 2.75. The Morgan fingerprint density at radius 2 is 1.52 bits per heavy atom. The summed E-state index contributed by atoms with van der Waals surface area (Å²) >= 11 is 0. The van der Waals surface area contributed by atoms with Crippen LogP contribution >= 0.6 is 0 Å². The number of rotatable bonds is 7. The highest BCUT2D eigenvalue weighted by molar-refractivity contribution is 5.78. The first-order valence-corrected chi connectivity index (χ1v) is 8.83. The molecule has 10 heteroatoms. The van der Waals surface area contributed by atoms with Crippen molar-refractivity contribution < 1.29 is 44.7 Å². The standard InChI is InChI=1S/C17H22F8O2/c1-9(26)10-2-3-12-7-13(5-4-11(12)6-10)27-8-15(20,21)17(24,25)16(22,23)14(18)19/h10-14H,2-8H2,1H3. The van der Waals surface area contributed by atoms with Crippen LogP contribution in [0.2, 0.25) is 0 Å². The molecule has 0 radical (unpaired) electrons. The largest absolute Gasteiger partial charge is 0.380 e. The molecular formula is C17H22F8O2. The van der Waals surface area contributed by atoms with E-state index in [1.54, 1.807) is 0 Å². The summed E-state index contributed by atoms with van der Waals surface area (Å²) in [6.07, 6.45) is -2.65. The molecule has 0 aromatic heterocycles. The molecule has 0 amide bonds. The maximum Gasteiger partial charge on any atom is 0.380 e. The van der Waals surface area contributed by atoms with Crippen LogP contribution in [-0.2, 0) is 9.53 Å². The molecular weight excluding hydrogens is 388 g/mol. The van der Waals surface area contributed by atoms with E-state index in [4.69, 9.17) is 4.74 Å². The van der Waals surface area contributed by atoms with Crippen LogP contribution in [0.25, 0.3) is 0 Å². The van der Waals surface area contributed by atoms with E-state index in [-0.39, 0.29) is 30.0 Å². The van der Waals surface area contributed by atoms with Gasteiger partial charge in [-0.15, -0.1) is 0 Å². The van der Waals surface area contributed by atoms with E-state index in [1.807, 2.05) is 0 Å². The molecule has 4 atom stereocenters. The van der Waals surface area contributed by atoms with Crippen molar-refractivity contribution in [2.45, 2.75) is 75.7 Å². The van der Waals surface area contributed by atoms with Crippen molar-refractivity contribution in [2.75, 3.05) is 6.61 Å². The molecule has 2 rings (SSSR count). The lowest BCUT2D eigenvalue weighted by molar-refractivity contribution is -0.348. The molecule has 0 heterocycles. The minimum Gasteiger partial charge on any atom is -0.372 e. The number of Topliss-reactive ketones (excluding diaryl/α,β-unsaturated/α-hetero) is 1. The van der Waals surface area contributed by atoms with E-state index in [0.717, 1.165) is 0 Å². The molecule has 2 fully saturated rings. The van der Waals surface area contributed by atoms with Crippen LogP contribution in [0.5, 0.6) is 0 Å². The number of hydrogen-bond acceptors (Lipinski definition) is 2. The number of ether oxygens (including phenoxy) is 1. The van der Waals surface area contributed by atoms with Crippen molar-refractivity contribution >= 4 is 5.78 Å². The average Bonchev–Trinajstić information content (AvgIpc) is 2.58. The van der Waals surface area contributed by atoms with Gasteiger partial charge in [0.1, 0.15) is 12.4 Å². The van der Waals surface area contributed by atoms with Crippen molar-refractivity contribution in [3.05, 3.63) is 0 Å². The minimum absolute atomic E-state index is 0.0386. The first kappa shape index (κ1) is 22.4. The van der Waals surface area contributed by atoms with Gasteiger partial charge in [0.2, 0.25) is 0 Å². The molecule has 0 aromatic rings. The van der Waals surface area contributed by atoms with Gasteiger partial charge in [-0.1, -0.05) is 0 Å². The maximum absolute atomic E-state index is 13.6. The molecule has 2 nitrogen and oxygen atoms in total. The summed E-state index contributed by atoms with van der Waals surface area (Å²) in [6.45, 7) is -0.544. The average molecular weight is 410 g/mol. The summed E-state index contributed by atoms with van der Waals surface area (Å²) in [7, 11) is 0. The normalized spacial score (nSPS) is 30.3. The van der Waals surface area contributed by atoms with Crippen LogP contribution in [0.15, 0.2) is 0 Å². The summed E-state index contributed by atoms with van der Waals surface area (Å²) in [5, 5.41) is 0. The van der Waals surface area contributed by atoms with Crippen molar-refractivity contribution in [2.24, 2.45) is 17.8 Å². The lowest BCUT2D eigenvalue weighted by atomic mass is 9.66. The van der Waals surface area contributed by atoms with Crippen molar-refractivity contribution in [1.82, 2.24) is 0 Å². The molecule has 0 spiro atoms. The summed E-state index contributed by atoms with van der Waals surface area (Å²) in [6, 6.07) is 0. The fourth-order valence-electron chi connectivity index (χ4n) is 4.06. The number of hydrogen-bond donors (Lipinski definition) is 0. The number of alkyl halides is 8. The topological polar surface area (TPSA) is 26.3 Å². The Labute approximate surface area is 151 Å². The van der Waals surface area contributed by atoms with Crippen molar-refractivity contribution in [3.8, 4) is 0 Å². The second-order valence-corrected chi connectivity index (χ2v) is 7.59. The van der Waals surface area contributed by atoms with Gasteiger partial charge in [-0.25, -0.2) is 8.78 Å². The predicted molar refractivity (Wildman–Crippen MR) is 79.4 cm³/mol. The van der Waals surface area contributed by atoms with Gasteiger partial charge in [-0.2, -0.15) is 26.3 Å². The number of halogens is 8. The molecule has 2 saturated carbocycles. The zero-order valence-corrected chi connectivity index (χ0v) is 14.7. The molecule has 0 saturated heterocycles. The van der Waals surface area contributed by atoms with Crippen LogP contribution in [0, 0.1) is 17.8 Å². The number of carbonyl (C=O) groups excluding carboxylic acids is 1. The van der Waals surface area contributed by atoms with Gasteiger partial charge in [0.15, 0.2) is 0 Å². The minimum atomic E-state index is -6.23. The highest BCUT2D eigenvalue weighted by Crippen LogP contribution is 2.49. The fraction of sp³-hybridized carbons (Fsp3) is 0.941. The van der Waals surface area contributed by atoms with E-state index in [9.17, 15) is 39.9 Å². The molecule has 0 aromatic carbocycles. The third-order valence-corrected chi connectivity index (χ3v) is 5.79. The first-order valence-electron chi connectivity index (χ1n) is 8.83. The molecule has 2 aliphatic rings. The molecule has 0 aliphatic heterocycles. The van der Waals surface area contributed by atoms with Crippen LogP contribution < -0.4 is 0 Å². The zero-order valence-electron chi connectivity index (χ0n) is 14.7. The number of carbonyl (C=O) groups is 1. The smallest absolute Gasteiger partial charge is 0.372 e. The summed E-state index contributed by atoms with van der Waals surface area (Å²) in [4.78, 5) is 11.5. The van der Waals surface area contributed by atoms with E-state index < -0.39 is 36.9 Å². The van der Waals surface area contributed by atoms with E-state index >= 15 is 0 Å². The summed E-state index contributed by atoms with van der Waals surface area (Å²) in [5.74, 6) is -17.5. The van der Waals surface area contributed by atoms with Gasteiger partial charge in [0.05, 0.1) is 6.10 Å². The first-order chi connectivity index (χ1) is 12.3. The van der Waals surface area contributed by atoms with Crippen LogP contribution in [0.4, 0.5) is 35.1 Å². The molecule has 0 N–H and O–H groups in total. The molecule has 27 heavy (non-hydrogen) atoms. The Kier molecular flexibility index (Phi) is 6.48. The van der Waals surface area contributed by atoms with Crippen LogP contribution in [-0.4, -0.2) is 42.7 Å². The predicted octanol–water partition coefficient (Wildman–Crippen LogP) is 5.35. The maximum atomic E-state index is 13.6. The van der Waals surface area contributed by atoms with E-state index in [2.05, 4.69) is 0 Å². The third kappa shape index (κ3) is 4.40. The summed E-state index contributed by atoms with van der Waals surface area (Å²) < 4.78 is 108. The monoisotopic (exact) mass is 410 g/mol. The number of ketones is 1. The SMILES string of the molecule is CC(=O)C1CCC2CC(OCC(F)(F)C(F)(F)C(F)(F)C(F)F)CCC2C1. The van der Waals surface area contributed by atoms with Gasteiger partial charge in [0.25, 0.3) is 0 Å². The highest BCUT2D eigenvalue weighted by atomic mass is 19.4. The third-order valence-electron chi connectivity index (χ3n) is 5.79. The van der Waals surface area contributed by atoms with E-state index in [0.29, 0.717) is 32.1 Å².